The van der Waals surface area contributed by atoms with E-state index in [-0.39, 0.29) is 18.0 Å². The summed E-state index contributed by atoms with van der Waals surface area (Å²) in [5, 5.41) is 3.21. The number of amides is 1. The van der Waals surface area contributed by atoms with Crippen molar-refractivity contribution < 1.29 is 4.79 Å². The van der Waals surface area contributed by atoms with Crippen LogP contribution in [0.3, 0.4) is 0 Å². The SMILES string of the molecule is O=C(C1CC(c2cccc3ccccc23)NN1)N1CCN(c2ccc(Cl)cc2)CC1. The molecule has 1 amide bonds. The minimum absolute atomic E-state index is 0.125. The zero-order chi connectivity index (χ0) is 20.5. The number of nitrogens with zero attached hydrogens (tertiary/aromatic N) is 2. The Morgan fingerprint density at radius 2 is 1.60 bits per heavy atom. The number of hydrazine groups is 1. The van der Waals surface area contributed by atoms with Gasteiger partial charge in [0, 0.05) is 42.9 Å². The number of carbonyl (C=O) groups is 1. The summed E-state index contributed by atoms with van der Waals surface area (Å²) in [7, 11) is 0. The van der Waals surface area contributed by atoms with Gasteiger partial charge in [-0.05, 0) is 47.0 Å². The van der Waals surface area contributed by atoms with E-state index >= 15 is 0 Å². The highest BCUT2D eigenvalue weighted by molar-refractivity contribution is 6.30. The molecule has 0 bridgehead atoms. The van der Waals surface area contributed by atoms with Crippen molar-refractivity contribution in [1.82, 2.24) is 15.8 Å². The highest BCUT2D eigenvalue weighted by atomic mass is 35.5. The molecule has 2 heterocycles. The van der Waals surface area contributed by atoms with Gasteiger partial charge in [-0.2, -0.15) is 0 Å². The van der Waals surface area contributed by atoms with Gasteiger partial charge in [-0.3, -0.25) is 4.79 Å². The molecule has 2 saturated heterocycles. The van der Waals surface area contributed by atoms with Crippen LogP contribution in [0, 0.1) is 0 Å². The molecule has 2 unspecified atom stereocenters. The molecular formula is C24H25ClN4O. The van der Waals surface area contributed by atoms with Gasteiger partial charge in [-0.1, -0.05) is 54.1 Å². The third-order valence-corrected chi connectivity index (χ3v) is 6.44. The smallest absolute Gasteiger partial charge is 0.241 e. The highest BCUT2D eigenvalue weighted by Gasteiger charge is 2.34. The van der Waals surface area contributed by atoms with Crippen molar-refractivity contribution in [3.63, 3.8) is 0 Å². The van der Waals surface area contributed by atoms with Gasteiger partial charge in [0.15, 0.2) is 0 Å². The van der Waals surface area contributed by atoms with Crippen molar-refractivity contribution >= 4 is 34.0 Å². The van der Waals surface area contributed by atoms with Crippen molar-refractivity contribution in [2.45, 2.75) is 18.5 Å². The molecule has 5 nitrogen and oxygen atoms in total. The number of rotatable bonds is 3. The topological polar surface area (TPSA) is 47.6 Å². The van der Waals surface area contributed by atoms with Gasteiger partial charge < -0.3 is 9.80 Å². The molecule has 2 aliphatic heterocycles. The van der Waals surface area contributed by atoms with Gasteiger partial charge in [0.05, 0.1) is 0 Å². The van der Waals surface area contributed by atoms with Crippen molar-refractivity contribution in [3.8, 4) is 0 Å². The molecule has 0 radical (unpaired) electrons. The number of fused-ring (bicyclic) bond motifs is 1. The first-order valence-electron chi connectivity index (χ1n) is 10.5. The second kappa shape index (κ2) is 8.26. The molecule has 30 heavy (non-hydrogen) atoms. The van der Waals surface area contributed by atoms with Crippen molar-refractivity contribution in [2.24, 2.45) is 0 Å². The van der Waals surface area contributed by atoms with Crippen LogP contribution in [0.5, 0.6) is 0 Å². The maximum atomic E-state index is 13.1. The van der Waals surface area contributed by atoms with Crippen LogP contribution >= 0.6 is 11.6 Å². The molecular weight excluding hydrogens is 396 g/mol. The Morgan fingerprint density at radius 1 is 0.867 bits per heavy atom. The number of benzene rings is 3. The summed E-state index contributed by atoms with van der Waals surface area (Å²) in [6.07, 6.45) is 0.754. The molecule has 2 N–H and O–H groups in total. The Labute approximate surface area is 181 Å². The summed E-state index contributed by atoms with van der Waals surface area (Å²) in [6, 6.07) is 22.6. The Morgan fingerprint density at radius 3 is 2.40 bits per heavy atom. The average Bonchev–Trinajstić information content (AvgIpc) is 3.29. The zero-order valence-corrected chi connectivity index (χ0v) is 17.5. The molecule has 154 valence electrons. The van der Waals surface area contributed by atoms with E-state index in [1.165, 1.54) is 16.3 Å². The number of halogens is 1. The first kappa shape index (κ1) is 19.4. The van der Waals surface area contributed by atoms with Crippen LogP contribution in [0.1, 0.15) is 18.0 Å². The number of piperazine rings is 1. The summed E-state index contributed by atoms with van der Waals surface area (Å²) >= 11 is 5.99. The average molecular weight is 421 g/mol. The van der Waals surface area contributed by atoms with Crippen LogP contribution in [0.15, 0.2) is 66.7 Å². The largest absolute Gasteiger partial charge is 0.368 e. The molecule has 3 aromatic carbocycles. The van der Waals surface area contributed by atoms with Crippen LogP contribution in [0.25, 0.3) is 10.8 Å². The maximum Gasteiger partial charge on any atom is 0.241 e. The lowest BCUT2D eigenvalue weighted by atomic mass is 9.96. The fourth-order valence-corrected chi connectivity index (χ4v) is 4.66. The number of nitrogens with one attached hydrogen (secondary N) is 2. The predicted molar refractivity (Wildman–Crippen MR) is 122 cm³/mol. The summed E-state index contributed by atoms with van der Waals surface area (Å²) in [5.41, 5.74) is 9.00. The Hall–Kier alpha value is -2.60. The van der Waals surface area contributed by atoms with E-state index in [1.807, 2.05) is 29.2 Å². The second-order valence-electron chi connectivity index (χ2n) is 7.99. The maximum absolute atomic E-state index is 13.1. The molecule has 5 rings (SSSR count). The number of anilines is 1. The minimum Gasteiger partial charge on any atom is -0.368 e. The molecule has 6 heteroatoms. The zero-order valence-electron chi connectivity index (χ0n) is 16.7. The second-order valence-corrected chi connectivity index (χ2v) is 8.42. The molecule has 2 fully saturated rings. The first-order valence-corrected chi connectivity index (χ1v) is 10.8. The first-order chi connectivity index (χ1) is 14.7. The quantitative estimate of drug-likeness (QED) is 0.677. The molecule has 3 aromatic rings. The van der Waals surface area contributed by atoms with Crippen LogP contribution < -0.4 is 15.8 Å². The molecule has 2 aliphatic rings. The fraction of sp³-hybridized carbons (Fsp3) is 0.292. The van der Waals surface area contributed by atoms with Crippen molar-refractivity contribution in [2.75, 3.05) is 31.1 Å². The van der Waals surface area contributed by atoms with Gasteiger partial charge in [0.25, 0.3) is 0 Å². The fourth-order valence-electron chi connectivity index (χ4n) is 4.53. The monoisotopic (exact) mass is 420 g/mol. The van der Waals surface area contributed by atoms with E-state index in [2.05, 4.69) is 58.2 Å². The number of hydrogen-bond acceptors (Lipinski definition) is 4. The normalized spacial score (nSPS) is 21.9. The summed E-state index contributed by atoms with van der Waals surface area (Å²) < 4.78 is 0. The summed E-state index contributed by atoms with van der Waals surface area (Å²) in [5.74, 6) is 0.181. The Kier molecular flexibility index (Phi) is 5.34. The van der Waals surface area contributed by atoms with E-state index in [9.17, 15) is 4.79 Å². The third-order valence-electron chi connectivity index (χ3n) is 6.18. The van der Waals surface area contributed by atoms with Gasteiger partial charge in [-0.25, -0.2) is 10.9 Å². The van der Waals surface area contributed by atoms with E-state index in [4.69, 9.17) is 11.6 Å². The Bertz CT molecular complexity index is 1040. The molecule has 2 atom stereocenters. The molecule has 0 spiro atoms. The third kappa shape index (κ3) is 3.76. The Balaban J connectivity index is 1.22. The number of carbonyl (C=O) groups excluding carboxylic acids is 1. The van der Waals surface area contributed by atoms with Crippen LogP contribution in [0.2, 0.25) is 5.02 Å². The van der Waals surface area contributed by atoms with E-state index in [0.29, 0.717) is 0 Å². The van der Waals surface area contributed by atoms with Gasteiger partial charge in [-0.15, -0.1) is 0 Å². The van der Waals surface area contributed by atoms with Crippen molar-refractivity contribution in [1.29, 1.82) is 0 Å². The minimum atomic E-state index is -0.198. The lowest BCUT2D eigenvalue weighted by molar-refractivity contribution is -0.133. The van der Waals surface area contributed by atoms with E-state index in [1.54, 1.807) is 0 Å². The van der Waals surface area contributed by atoms with Gasteiger partial charge in [0.2, 0.25) is 5.91 Å². The van der Waals surface area contributed by atoms with Crippen LogP contribution in [-0.2, 0) is 4.79 Å². The van der Waals surface area contributed by atoms with Crippen LogP contribution in [0.4, 0.5) is 5.69 Å². The molecule has 0 saturated carbocycles. The van der Waals surface area contributed by atoms with Gasteiger partial charge in [0.1, 0.15) is 6.04 Å². The van der Waals surface area contributed by atoms with E-state index in [0.717, 1.165) is 43.3 Å². The van der Waals surface area contributed by atoms with Gasteiger partial charge >= 0.3 is 0 Å². The predicted octanol–water partition coefficient (Wildman–Crippen LogP) is 3.75. The summed E-state index contributed by atoms with van der Waals surface area (Å²) in [6.45, 7) is 3.14. The lowest BCUT2D eigenvalue weighted by Crippen LogP contribution is -2.53. The molecule has 0 aliphatic carbocycles. The highest BCUT2D eigenvalue weighted by Crippen LogP contribution is 2.30. The van der Waals surface area contributed by atoms with Crippen molar-refractivity contribution in [3.05, 3.63) is 77.3 Å². The molecule has 0 aromatic heterocycles. The van der Waals surface area contributed by atoms with E-state index < -0.39 is 0 Å². The standard InChI is InChI=1S/C24H25ClN4O/c25-18-8-10-19(11-9-18)28-12-14-29(15-13-28)24(30)23-16-22(26-27-23)21-7-3-5-17-4-1-2-6-20(17)21/h1-11,22-23,26-27H,12-16H2. The number of hydrogen-bond donors (Lipinski definition) is 2. The summed E-state index contributed by atoms with van der Waals surface area (Å²) in [4.78, 5) is 17.4. The lowest BCUT2D eigenvalue weighted by Gasteiger charge is -2.37. The van der Waals surface area contributed by atoms with Crippen LogP contribution in [-0.4, -0.2) is 43.0 Å².